The first-order valence-electron chi connectivity index (χ1n) is 17.4. The zero-order chi connectivity index (χ0) is 39.4. The Hall–Kier alpha value is -6.09. The van der Waals surface area contributed by atoms with Crippen molar-refractivity contribution in [3.63, 3.8) is 0 Å². The highest BCUT2D eigenvalue weighted by atomic mass is 127. The molecule has 6 aromatic rings. The number of fused-ring (bicyclic) bond motifs is 2. The molecule has 2 aromatic carbocycles. The topological polar surface area (TPSA) is 245 Å². The molecule has 4 heterocycles. The number of aryl methyl sites for hydroxylation is 3. The molecule has 0 unspecified atom stereocenters. The van der Waals surface area contributed by atoms with Crippen LogP contribution in [0.1, 0.15) is 67.7 Å². The second-order valence-electron chi connectivity index (χ2n) is 12.3. The Labute approximate surface area is 327 Å². The number of ether oxygens (including phenoxy) is 1. The van der Waals surface area contributed by atoms with E-state index < -0.39 is 23.6 Å². The number of nitrogens with zero attached hydrogens (tertiary/aromatic N) is 8. The molecule has 19 heteroatoms. The number of amides is 4. The number of allylic oxidation sites excluding steroid dienone is 2. The van der Waals surface area contributed by atoms with Crippen molar-refractivity contribution in [2.45, 2.75) is 53.4 Å². The number of halogens is 1. The zero-order valence-corrected chi connectivity index (χ0v) is 32.4. The lowest BCUT2D eigenvalue weighted by atomic mass is 10.1. The molecular weight excluding hydrogens is 823 g/mol. The van der Waals surface area contributed by atoms with Crippen molar-refractivity contribution in [2.75, 3.05) is 23.8 Å². The van der Waals surface area contributed by atoms with E-state index in [2.05, 4.69) is 30.8 Å². The van der Waals surface area contributed by atoms with Crippen LogP contribution in [0.15, 0.2) is 54.6 Å². The van der Waals surface area contributed by atoms with Gasteiger partial charge in [-0.25, -0.2) is 9.97 Å². The third kappa shape index (κ3) is 8.21. The summed E-state index contributed by atoms with van der Waals surface area (Å²) in [7, 11) is 0. The Balaban J connectivity index is 1.38. The third-order valence-corrected chi connectivity index (χ3v) is 9.12. The van der Waals surface area contributed by atoms with Crippen molar-refractivity contribution in [1.29, 1.82) is 0 Å². The predicted octanol–water partition coefficient (Wildman–Crippen LogP) is 3.45. The van der Waals surface area contributed by atoms with Crippen LogP contribution < -0.4 is 26.8 Å². The lowest BCUT2D eigenvalue weighted by Gasteiger charge is -2.13. The number of imidazole rings is 2. The summed E-state index contributed by atoms with van der Waals surface area (Å²) in [4.78, 5) is 60.6. The molecule has 0 fully saturated rings. The Morgan fingerprint density at radius 1 is 0.818 bits per heavy atom. The molecule has 0 aliphatic heterocycles. The number of carbonyl (C=O) groups is 4. The molecule has 0 bridgehead atoms. The number of nitrogens with one attached hydrogen (secondary N) is 2. The van der Waals surface area contributed by atoms with Gasteiger partial charge in [-0.2, -0.15) is 10.2 Å². The van der Waals surface area contributed by atoms with E-state index in [9.17, 15) is 24.3 Å². The minimum Gasteiger partial charge on any atom is -0.491 e. The van der Waals surface area contributed by atoms with Gasteiger partial charge in [0, 0.05) is 56.4 Å². The first kappa shape index (κ1) is 38.6. The second kappa shape index (κ2) is 16.5. The molecule has 0 aliphatic carbocycles. The summed E-state index contributed by atoms with van der Waals surface area (Å²) in [5.74, 6) is -1.48. The fourth-order valence-electron chi connectivity index (χ4n) is 6.04. The number of hydrogen-bond donors (Lipinski definition) is 5. The van der Waals surface area contributed by atoms with Gasteiger partial charge in [-0.1, -0.05) is 12.2 Å². The van der Waals surface area contributed by atoms with Gasteiger partial charge in [0.1, 0.15) is 26.4 Å². The van der Waals surface area contributed by atoms with Crippen molar-refractivity contribution in [2.24, 2.45) is 11.5 Å². The third-order valence-electron chi connectivity index (χ3n) is 8.59. The van der Waals surface area contributed by atoms with E-state index in [1.165, 1.54) is 12.1 Å². The lowest BCUT2D eigenvalue weighted by Crippen LogP contribution is -2.20. The van der Waals surface area contributed by atoms with Gasteiger partial charge in [0.05, 0.1) is 28.9 Å². The van der Waals surface area contributed by atoms with Crippen LogP contribution in [-0.4, -0.2) is 80.6 Å². The summed E-state index contributed by atoms with van der Waals surface area (Å²) >= 11 is 2.04. The molecule has 0 radical (unpaired) electrons. The Morgan fingerprint density at radius 2 is 1.42 bits per heavy atom. The first-order valence-corrected chi connectivity index (χ1v) is 18.4. The van der Waals surface area contributed by atoms with Gasteiger partial charge < -0.3 is 30.4 Å². The number of nitrogens with two attached hydrogens (primary N) is 2. The highest BCUT2D eigenvalue weighted by Gasteiger charge is 2.22. The van der Waals surface area contributed by atoms with Crippen molar-refractivity contribution >= 4 is 80.2 Å². The number of anilines is 2. The van der Waals surface area contributed by atoms with E-state index in [0.717, 1.165) is 0 Å². The van der Waals surface area contributed by atoms with Crippen molar-refractivity contribution in [3.8, 4) is 5.75 Å². The average Bonchev–Trinajstić information content (AvgIpc) is 3.92. The van der Waals surface area contributed by atoms with Gasteiger partial charge >= 0.3 is 0 Å². The van der Waals surface area contributed by atoms with E-state index >= 15 is 0 Å². The number of aliphatic hydroxyl groups excluding tert-OH is 1. The van der Waals surface area contributed by atoms with Crippen molar-refractivity contribution in [3.05, 3.63) is 86.5 Å². The Bertz CT molecular complexity index is 2480. The largest absolute Gasteiger partial charge is 0.491 e. The van der Waals surface area contributed by atoms with Gasteiger partial charge in [0.2, 0.25) is 23.7 Å². The van der Waals surface area contributed by atoms with E-state index in [-0.39, 0.29) is 55.1 Å². The summed E-state index contributed by atoms with van der Waals surface area (Å²) in [5, 5.41) is 23.9. The summed E-state index contributed by atoms with van der Waals surface area (Å²) < 4.78 is 13.3. The van der Waals surface area contributed by atoms with E-state index in [1.54, 1.807) is 55.8 Å². The summed E-state index contributed by atoms with van der Waals surface area (Å²) in [5.41, 5.74) is 14.9. The monoisotopic (exact) mass is 862 g/mol. The molecule has 6 rings (SSSR count). The van der Waals surface area contributed by atoms with Gasteiger partial charge in [-0.15, -0.1) is 0 Å². The predicted molar refractivity (Wildman–Crippen MR) is 212 cm³/mol. The van der Waals surface area contributed by atoms with Crippen molar-refractivity contribution in [1.82, 2.24) is 38.7 Å². The molecule has 0 atom stereocenters. The maximum Gasteiger partial charge on any atom is 0.276 e. The van der Waals surface area contributed by atoms with Gasteiger partial charge in [0.25, 0.3) is 11.8 Å². The smallest absolute Gasteiger partial charge is 0.276 e. The average molecular weight is 863 g/mol. The highest BCUT2D eigenvalue weighted by molar-refractivity contribution is 14.1. The fraction of sp³-hybridized carbons (Fsp3) is 0.278. The number of aliphatic hydroxyl groups is 1. The van der Waals surface area contributed by atoms with Gasteiger partial charge in [-0.3, -0.25) is 39.2 Å². The number of aromatic nitrogens is 8. The molecule has 0 saturated carbocycles. The van der Waals surface area contributed by atoms with E-state index in [4.69, 9.17) is 16.2 Å². The molecule has 4 aromatic heterocycles. The maximum absolute atomic E-state index is 13.6. The maximum atomic E-state index is 13.6. The Morgan fingerprint density at radius 3 is 2.07 bits per heavy atom. The van der Waals surface area contributed by atoms with Gasteiger partial charge in [0.15, 0.2) is 0 Å². The molecule has 18 nitrogen and oxygen atoms in total. The number of primary amides is 2. The van der Waals surface area contributed by atoms with E-state index in [1.807, 2.05) is 48.6 Å². The lowest BCUT2D eigenvalue weighted by molar-refractivity contribution is 0.0992. The summed E-state index contributed by atoms with van der Waals surface area (Å²) in [6.07, 6.45) is 4.01. The van der Waals surface area contributed by atoms with Crippen LogP contribution in [-0.2, 0) is 26.2 Å². The number of hydrogen-bond acceptors (Lipinski definition) is 10. The molecule has 7 N–H and O–H groups in total. The highest BCUT2D eigenvalue weighted by Crippen LogP contribution is 2.32. The SMILES string of the molecule is CCn1nc(C)cc1C(=O)Nc1nc2cc(C(N)=O)ccc2n1C/C=C/Cn1c(NC(=O)c2cc(I)nn2CC)nc2cc(C(N)=O)cc(OCCCO)c21. The molecule has 55 heavy (non-hydrogen) atoms. The molecular formula is C36H39IN12O6. The summed E-state index contributed by atoms with van der Waals surface area (Å²) in [6, 6.07) is 11.2. The van der Waals surface area contributed by atoms with Crippen LogP contribution >= 0.6 is 22.6 Å². The molecule has 286 valence electrons. The van der Waals surface area contributed by atoms with Crippen LogP contribution in [0.4, 0.5) is 11.9 Å². The van der Waals surface area contributed by atoms with Crippen LogP contribution in [0.3, 0.4) is 0 Å². The molecule has 0 saturated heterocycles. The Kier molecular flexibility index (Phi) is 11.6. The minimum atomic E-state index is -0.692. The number of benzene rings is 2. The van der Waals surface area contributed by atoms with Crippen LogP contribution in [0.25, 0.3) is 22.1 Å². The number of rotatable bonds is 16. The van der Waals surface area contributed by atoms with Crippen LogP contribution in [0, 0.1) is 10.6 Å². The second-order valence-corrected chi connectivity index (χ2v) is 13.4. The first-order chi connectivity index (χ1) is 26.4. The van der Waals surface area contributed by atoms with Crippen LogP contribution in [0.5, 0.6) is 5.75 Å². The molecule has 0 aliphatic rings. The van der Waals surface area contributed by atoms with Gasteiger partial charge in [-0.05, 0) is 79.8 Å². The molecule has 4 amide bonds. The molecule has 0 spiro atoms. The quantitative estimate of drug-likeness (QED) is 0.0539. The fourth-order valence-corrected chi connectivity index (χ4v) is 6.59. The zero-order valence-electron chi connectivity index (χ0n) is 30.2. The van der Waals surface area contributed by atoms with E-state index in [0.29, 0.717) is 62.4 Å². The summed E-state index contributed by atoms with van der Waals surface area (Å²) in [6.45, 7) is 6.94. The number of carbonyl (C=O) groups excluding carboxylic acids is 4. The normalized spacial score (nSPS) is 11.5. The van der Waals surface area contributed by atoms with Crippen LogP contribution in [0.2, 0.25) is 0 Å². The standard InChI is InChI=1S/C36H39IN12O6/c1-4-48-26(15-20(3)44-48)33(53)42-35-40-23-16-21(31(38)51)9-10-25(23)46(35)11-6-7-12-47-30-24(17-22(32(39)52)18-28(30)55-14-8-13-50)41-36(47)43-34(54)27-19-29(37)45-49(27)5-2/h6-7,9-10,15-19,50H,4-5,8,11-14H2,1-3H3,(H2,38,51)(H2,39,52)(H,40,42,53)(H,41,43,54)/b7-6+. The van der Waals surface area contributed by atoms with Crippen molar-refractivity contribution < 1.29 is 29.0 Å². The minimum absolute atomic E-state index is 0.108.